The molecule has 0 amide bonds. The standard InChI is InChI=1S/C21H15N3O3/c25-24(26)18-12-6-7-13-19(18)27-20(14-15-8-2-1-3-9-15)21-22-16-10-4-5-11-17(16)23-21/h1-14H,(H,22,23)/b20-14+. The molecular formula is C21H15N3O3. The van der Waals surface area contributed by atoms with Crippen LogP contribution in [0.25, 0.3) is 22.9 Å². The minimum atomic E-state index is -0.464. The Morgan fingerprint density at radius 1 is 0.963 bits per heavy atom. The van der Waals surface area contributed by atoms with E-state index in [1.54, 1.807) is 24.3 Å². The molecule has 3 aromatic carbocycles. The normalized spacial score (nSPS) is 11.5. The number of hydrogen-bond acceptors (Lipinski definition) is 4. The Morgan fingerprint density at radius 2 is 1.67 bits per heavy atom. The fourth-order valence-corrected chi connectivity index (χ4v) is 2.73. The van der Waals surface area contributed by atoms with E-state index >= 15 is 0 Å². The second-order valence-electron chi connectivity index (χ2n) is 5.85. The van der Waals surface area contributed by atoms with Crippen LogP contribution < -0.4 is 4.74 Å². The van der Waals surface area contributed by atoms with Crippen molar-refractivity contribution in [1.29, 1.82) is 0 Å². The smallest absolute Gasteiger partial charge is 0.311 e. The summed E-state index contributed by atoms with van der Waals surface area (Å²) in [6.07, 6.45) is 1.80. The van der Waals surface area contributed by atoms with E-state index in [2.05, 4.69) is 9.97 Å². The van der Waals surface area contributed by atoms with Crippen molar-refractivity contribution in [2.24, 2.45) is 0 Å². The molecule has 4 aromatic rings. The first kappa shape index (κ1) is 16.5. The Morgan fingerprint density at radius 3 is 2.44 bits per heavy atom. The van der Waals surface area contributed by atoms with E-state index in [4.69, 9.17) is 4.74 Å². The average Bonchev–Trinajstić information content (AvgIpc) is 3.13. The molecule has 0 aliphatic rings. The lowest BCUT2D eigenvalue weighted by atomic mass is 10.2. The van der Waals surface area contributed by atoms with Crippen LogP contribution in [0.4, 0.5) is 5.69 Å². The number of benzene rings is 3. The van der Waals surface area contributed by atoms with E-state index in [1.807, 2.05) is 54.6 Å². The fraction of sp³-hybridized carbons (Fsp3) is 0. The Labute approximate surface area is 154 Å². The highest BCUT2D eigenvalue weighted by atomic mass is 16.6. The molecule has 0 saturated heterocycles. The van der Waals surface area contributed by atoms with Crippen molar-refractivity contribution in [2.75, 3.05) is 0 Å². The number of nitrogens with one attached hydrogen (secondary N) is 1. The summed E-state index contributed by atoms with van der Waals surface area (Å²) in [7, 11) is 0. The Kier molecular flexibility index (Phi) is 4.37. The molecule has 0 unspecified atom stereocenters. The van der Waals surface area contributed by atoms with Crippen molar-refractivity contribution < 1.29 is 9.66 Å². The van der Waals surface area contributed by atoms with Gasteiger partial charge in [-0.15, -0.1) is 0 Å². The van der Waals surface area contributed by atoms with Crippen LogP contribution in [-0.4, -0.2) is 14.9 Å². The quantitative estimate of drug-likeness (QED) is 0.308. The summed E-state index contributed by atoms with van der Waals surface area (Å²) in [5, 5.41) is 11.3. The Balaban J connectivity index is 1.82. The average molecular weight is 357 g/mol. The molecule has 6 heteroatoms. The van der Waals surface area contributed by atoms with Crippen molar-refractivity contribution in [3.05, 3.63) is 100 Å². The first-order valence-corrected chi connectivity index (χ1v) is 8.34. The van der Waals surface area contributed by atoms with Crippen LogP contribution in [0.2, 0.25) is 0 Å². The van der Waals surface area contributed by atoms with Crippen molar-refractivity contribution >= 4 is 28.6 Å². The molecule has 1 heterocycles. The van der Waals surface area contributed by atoms with Gasteiger partial charge >= 0.3 is 5.69 Å². The van der Waals surface area contributed by atoms with Gasteiger partial charge in [0.1, 0.15) is 0 Å². The first-order valence-electron chi connectivity index (χ1n) is 8.34. The predicted molar refractivity (Wildman–Crippen MR) is 104 cm³/mol. The van der Waals surface area contributed by atoms with Crippen molar-refractivity contribution in [2.45, 2.75) is 0 Å². The number of nitrogens with zero attached hydrogens (tertiary/aromatic N) is 2. The van der Waals surface area contributed by atoms with Gasteiger partial charge in [-0.2, -0.15) is 0 Å². The molecule has 27 heavy (non-hydrogen) atoms. The maximum atomic E-state index is 11.3. The molecular weight excluding hydrogens is 342 g/mol. The number of hydrogen-bond donors (Lipinski definition) is 1. The largest absolute Gasteiger partial charge is 0.446 e. The summed E-state index contributed by atoms with van der Waals surface area (Å²) in [5.74, 6) is 1.05. The van der Waals surface area contributed by atoms with Crippen LogP contribution in [0, 0.1) is 10.1 Å². The van der Waals surface area contributed by atoms with E-state index in [0.717, 1.165) is 16.6 Å². The van der Waals surface area contributed by atoms with Gasteiger partial charge in [-0.3, -0.25) is 10.1 Å². The molecule has 0 radical (unpaired) electrons. The lowest BCUT2D eigenvalue weighted by Gasteiger charge is -2.08. The number of aromatic amines is 1. The molecule has 0 aliphatic carbocycles. The number of para-hydroxylation sites is 4. The van der Waals surface area contributed by atoms with Gasteiger partial charge < -0.3 is 9.72 Å². The molecule has 132 valence electrons. The number of rotatable bonds is 5. The highest BCUT2D eigenvalue weighted by Gasteiger charge is 2.18. The van der Waals surface area contributed by atoms with E-state index in [0.29, 0.717) is 11.6 Å². The van der Waals surface area contributed by atoms with Crippen LogP contribution >= 0.6 is 0 Å². The van der Waals surface area contributed by atoms with Crippen LogP contribution in [-0.2, 0) is 0 Å². The number of H-pyrrole nitrogens is 1. The fourth-order valence-electron chi connectivity index (χ4n) is 2.73. The Hall–Kier alpha value is -3.93. The molecule has 0 atom stereocenters. The SMILES string of the molecule is O=[N+]([O-])c1ccccc1O/C(=C/c1ccccc1)c1nc2ccccc2[nH]1. The third kappa shape index (κ3) is 3.55. The number of ether oxygens (including phenoxy) is 1. The third-order valence-corrected chi connectivity index (χ3v) is 4.00. The maximum Gasteiger partial charge on any atom is 0.311 e. The number of nitro benzene ring substituents is 1. The lowest BCUT2D eigenvalue weighted by molar-refractivity contribution is -0.385. The molecule has 1 aromatic heterocycles. The van der Waals surface area contributed by atoms with Crippen molar-refractivity contribution in [3.63, 3.8) is 0 Å². The number of fused-ring (bicyclic) bond motifs is 1. The third-order valence-electron chi connectivity index (χ3n) is 4.00. The van der Waals surface area contributed by atoms with Gasteiger partial charge in [0.2, 0.25) is 5.75 Å². The monoisotopic (exact) mass is 357 g/mol. The van der Waals surface area contributed by atoms with Crippen molar-refractivity contribution in [3.8, 4) is 5.75 Å². The Bertz CT molecular complexity index is 1100. The van der Waals surface area contributed by atoms with Gasteiger partial charge in [-0.1, -0.05) is 54.6 Å². The van der Waals surface area contributed by atoms with Gasteiger partial charge in [0.15, 0.2) is 11.6 Å². The molecule has 0 bridgehead atoms. The van der Waals surface area contributed by atoms with E-state index in [9.17, 15) is 10.1 Å². The summed E-state index contributed by atoms with van der Waals surface area (Å²) in [5.41, 5.74) is 2.44. The van der Waals surface area contributed by atoms with Gasteiger partial charge in [-0.05, 0) is 29.8 Å². The molecule has 4 rings (SSSR count). The number of aromatic nitrogens is 2. The van der Waals surface area contributed by atoms with E-state index in [1.165, 1.54) is 6.07 Å². The zero-order chi connectivity index (χ0) is 18.6. The summed E-state index contributed by atoms with van der Waals surface area (Å²) < 4.78 is 5.95. The van der Waals surface area contributed by atoms with E-state index in [-0.39, 0.29) is 11.4 Å². The summed E-state index contributed by atoms with van der Waals surface area (Å²) in [6, 6.07) is 23.5. The van der Waals surface area contributed by atoms with Crippen molar-refractivity contribution in [1.82, 2.24) is 9.97 Å². The highest BCUT2D eigenvalue weighted by Crippen LogP contribution is 2.31. The molecule has 1 N–H and O–H groups in total. The number of imidazole rings is 1. The highest BCUT2D eigenvalue weighted by molar-refractivity contribution is 5.82. The predicted octanol–water partition coefficient (Wildman–Crippen LogP) is 5.05. The summed E-state index contributed by atoms with van der Waals surface area (Å²) in [6.45, 7) is 0. The molecule has 0 spiro atoms. The van der Waals surface area contributed by atoms with Crippen LogP contribution in [0.5, 0.6) is 5.75 Å². The topological polar surface area (TPSA) is 81.1 Å². The van der Waals surface area contributed by atoms with Gasteiger partial charge in [0.05, 0.1) is 16.0 Å². The second kappa shape index (κ2) is 7.13. The van der Waals surface area contributed by atoms with Crippen LogP contribution in [0.15, 0.2) is 78.9 Å². The second-order valence-corrected chi connectivity index (χ2v) is 5.85. The van der Waals surface area contributed by atoms with Gasteiger partial charge in [0.25, 0.3) is 0 Å². The van der Waals surface area contributed by atoms with Gasteiger partial charge in [-0.25, -0.2) is 4.98 Å². The molecule has 0 saturated carbocycles. The molecule has 0 aliphatic heterocycles. The first-order chi connectivity index (χ1) is 13.2. The van der Waals surface area contributed by atoms with Gasteiger partial charge in [0, 0.05) is 6.07 Å². The zero-order valence-corrected chi connectivity index (χ0v) is 14.2. The lowest BCUT2D eigenvalue weighted by Crippen LogP contribution is -2.00. The zero-order valence-electron chi connectivity index (χ0n) is 14.2. The summed E-state index contributed by atoms with van der Waals surface area (Å²) in [4.78, 5) is 18.6. The summed E-state index contributed by atoms with van der Waals surface area (Å²) >= 11 is 0. The van der Waals surface area contributed by atoms with Crippen LogP contribution in [0.3, 0.4) is 0 Å². The number of nitro groups is 1. The minimum absolute atomic E-state index is 0.104. The van der Waals surface area contributed by atoms with E-state index < -0.39 is 4.92 Å². The molecule has 0 fully saturated rings. The minimum Gasteiger partial charge on any atom is -0.446 e. The van der Waals surface area contributed by atoms with Crippen LogP contribution in [0.1, 0.15) is 11.4 Å². The maximum absolute atomic E-state index is 11.3. The molecule has 6 nitrogen and oxygen atoms in total.